The minimum atomic E-state index is -0.210. The van der Waals surface area contributed by atoms with Crippen LogP contribution in [0.4, 0.5) is 5.69 Å². The first-order valence-corrected chi connectivity index (χ1v) is 9.17. The van der Waals surface area contributed by atoms with Gasteiger partial charge in [0.15, 0.2) is 0 Å². The number of amides is 2. The summed E-state index contributed by atoms with van der Waals surface area (Å²) in [4.78, 5) is 26.0. The van der Waals surface area contributed by atoms with Gasteiger partial charge in [0, 0.05) is 18.8 Å². The van der Waals surface area contributed by atoms with Crippen LogP contribution in [-0.4, -0.2) is 30.3 Å². The van der Waals surface area contributed by atoms with Crippen molar-refractivity contribution < 1.29 is 9.59 Å². The third-order valence-electron chi connectivity index (χ3n) is 4.52. The van der Waals surface area contributed by atoms with Crippen molar-refractivity contribution in [2.75, 3.05) is 18.9 Å². The van der Waals surface area contributed by atoms with Crippen molar-refractivity contribution in [3.63, 3.8) is 0 Å². The van der Waals surface area contributed by atoms with E-state index in [1.54, 1.807) is 13.1 Å². The Hall–Kier alpha value is -2.88. The lowest BCUT2D eigenvalue weighted by Crippen LogP contribution is -2.34. The summed E-state index contributed by atoms with van der Waals surface area (Å²) in [6.07, 6.45) is 3.27. The fourth-order valence-corrected chi connectivity index (χ4v) is 2.77. The van der Waals surface area contributed by atoms with Gasteiger partial charge in [-0.3, -0.25) is 9.59 Å². The minimum absolute atomic E-state index is 0.00321. The largest absolute Gasteiger partial charge is 0.333 e. The van der Waals surface area contributed by atoms with Crippen molar-refractivity contribution in [1.82, 2.24) is 4.90 Å². The zero-order valence-electron chi connectivity index (χ0n) is 16.7. The number of carbonyl (C=O) groups is 2. The van der Waals surface area contributed by atoms with Crippen molar-refractivity contribution in [3.8, 4) is 0 Å². The van der Waals surface area contributed by atoms with Crippen LogP contribution in [0.15, 0.2) is 48.5 Å². The molecule has 0 heterocycles. The first-order valence-electron chi connectivity index (χ1n) is 9.17. The molecule has 0 unspecified atom stereocenters. The van der Waals surface area contributed by atoms with E-state index in [1.165, 1.54) is 16.5 Å². The smallest absolute Gasteiger partial charge is 0.246 e. The van der Waals surface area contributed by atoms with Gasteiger partial charge in [-0.2, -0.15) is 0 Å². The average Bonchev–Trinajstić information content (AvgIpc) is 2.63. The van der Waals surface area contributed by atoms with Crippen LogP contribution in [-0.2, 0) is 9.59 Å². The standard InChI is InChI=1S/C23H28N2O2/c1-16(2)20-12-9-19(10-13-20)11-14-22(27)25(5)15-21(26)24-23-17(3)7-6-8-18(23)4/h6-14,16H,15H2,1-5H3,(H,24,26)/b14-11+. The molecule has 4 nitrogen and oxygen atoms in total. The van der Waals surface area contributed by atoms with Crippen molar-refractivity contribution >= 4 is 23.6 Å². The third kappa shape index (κ3) is 5.81. The number of nitrogens with one attached hydrogen (secondary N) is 1. The molecule has 2 amide bonds. The molecule has 0 spiro atoms. The Bertz CT molecular complexity index is 816. The Balaban J connectivity index is 1.93. The first-order chi connectivity index (χ1) is 12.8. The molecule has 0 saturated carbocycles. The van der Waals surface area contributed by atoms with Crippen LogP contribution in [0.5, 0.6) is 0 Å². The second kappa shape index (κ2) is 9.17. The van der Waals surface area contributed by atoms with Crippen LogP contribution in [0.3, 0.4) is 0 Å². The van der Waals surface area contributed by atoms with Gasteiger partial charge in [0.05, 0.1) is 6.54 Å². The molecule has 0 aliphatic rings. The molecule has 0 aromatic heterocycles. The Labute approximate surface area is 161 Å². The van der Waals surface area contributed by atoms with Crippen LogP contribution in [0, 0.1) is 13.8 Å². The highest BCUT2D eigenvalue weighted by molar-refractivity contribution is 5.98. The molecule has 4 heteroatoms. The SMILES string of the molecule is Cc1cccc(C)c1NC(=O)CN(C)C(=O)/C=C/c1ccc(C(C)C)cc1. The molecule has 2 rings (SSSR count). The summed E-state index contributed by atoms with van der Waals surface area (Å²) in [6, 6.07) is 14.0. The van der Waals surface area contributed by atoms with E-state index in [0.29, 0.717) is 5.92 Å². The summed E-state index contributed by atoms with van der Waals surface area (Å²) < 4.78 is 0. The molecule has 142 valence electrons. The highest BCUT2D eigenvalue weighted by atomic mass is 16.2. The maximum Gasteiger partial charge on any atom is 0.246 e. The van der Waals surface area contributed by atoms with Crippen molar-refractivity contribution in [1.29, 1.82) is 0 Å². The maximum absolute atomic E-state index is 12.3. The number of benzene rings is 2. The van der Waals surface area contributed by atoms with Crippen LogP contribution in [0.25, 0.3) is 6.08 Å². The Kier molecular flexibility index (Phi) is 6.94. The number of carbonyl (C=O) groups excluding carboxylic acids is 2. The lowest BCUT2D eigenvalue weighted by Gasteiger charge is -2.16. The molecule has 2 aromatic carbocycles. The predicted molar refractivity (Wildman–Crippen MR) is 112 cm³/mol. The number of anilines is 1. The van der Waals surface area contributed by atoms with E-state index in [4.69, 9.17) is 0 Å². The monoisotopic (exact) mass is 364 g/mol. The molecule has 0 radical (unpaired) electrons. The highest BCUT2D eigenvalue weighted by Gasteiger charge is 2.12. The highest BCUT2D eigenvalue weighted by Crippen LogP contribution is 2.19. The summed E-state index contributed by atoms with van der Waals surface area (Å²) in [5, 5.41) is 2.90. The van der Waals surface area contributed by atoms with E-state index in [0.717, 1.165) is 22.4 Å². The van der Waals surface area contributed by atoms with Gasteiger partial charge >= 0.3 is 0 Å². The quantitative estimate of drug-likeness (QED) is 0.765. The zero-order valence-corrected chi connectivity index (χ0v) is 16.7. The van der Waals surface area contributed by atoms with E-state index < -0.39 is 0 Å². The van der Waals surface area contributed by atoms with Crippen LogP contribution < -0.4 is 5.32 Å². The van der Waals surface area contributed by atoms with Gasteiger partial charge in [0.1, 0.15) is 0 Å². The lowest BCUT2D eigenvalue weighted by molar-refractivity contribution is -0.129. The van der Waals surface area contributed by atoms with Gasteiger partial charge < -0.3 is 10.2 Å². The minimum Gasteiger partial charge on any atom is -0.333 e. The second-order valence-electron chi connectivity index (χ2n) is 7.16. The van der Waals surface area contributed by atoms with Crippen LogP contribution >= 0.6 is 0 Å². The molecular weight excluding hydrogens is 336 g/mol. The molecule has 27 heavy (non-hydrogen) atoms. The van der Waals surface area contributed by atoms with Crippen molar-refractivity contribution in [2.45, 2.75) is 33.6 Å². The normalized spacial score (nSPS) is 11.0. The van der Waals surface area contributed by atoms with Gasteiger partial charge in [0.25, 0.3) is 0 Å². The van der Waals surface area contributed by atoms with Crippen LogP contribution in [0.2, 0.25) is 0 Å². The fourth-order valence-electron chi connectivity index (χ4n) is 2.77. The average molecular weight is 364 g/mol. The molecule has 0 aliphatic heterocycles. The number of hydrogen-bond acceptors (Lipinski definition) is 2. The summed E-state index contributed by atoms with van der Waals surface area (Å²) in [7, 11) is 1.62. The Morgan fingerprint density at radius 1 is 1.04 bits per heavy atom. The summed E-state index contributed by atoms with van der Waals surface area (Å²) >= 11 is 0. The molecular formula is C23H28N2O2. The Morgan fingerprint density at radius 3 is 2.19 bits per heavy atom. The summed E-state index contributed by atoms with van der Waals surface area (Å²) in [6.45, 7) is 8.19. The molecule has 2 aromatic rings. The summed E-state index contributed by atoms with van der Waals surface area (Å²) in [5.41, 5.74) is 5.04. The number of para-hydroxylation sites is 1. The Morgan fingerprint density at radius 2 is 1.63 bits per heavy atom. The number of likely N-dealkylation sites (N-methyl/N-ethyl adjacent to an activating group) is 1. The van der Waals surface area contributed by atoms with Gasteiger partial charge in [-0.05, 0) is 48.1 Å². The van der Waals surface area contributed by atoms with Gasteiger partial charge in [-0.25, -0.2) is 0 Å². The molecule has 0 aliphatic carbocycles. The lowest BCUT2D eigenvalue weighted by atomic mass is 10.0. The van der Waals surface area contributed by atoms with E-state index in [2.05, 4.69) is 31.3 Å². The molecule has 0 saturated heterocycles. The van der Waals surface area contributed by atoms with Crippen LogP contribution in [0.1, 0.15) is 42.0 Å². The molecule has 0 fully saturated rings. The number of rotatable bonds is 6. The molecule has 0 atom stereocenters. The molecule has 0 bridgehead atoms. The van der Waals surface area contributed by atoms with Crippen molar-refractivity contribution in [2.24, 2.45) is 0 Å². The number of hydrogen-bond donors (Lipinski definition) is 1. The predicted octanol–water partition coefficient (Wildman–Crippen LogP) is 4.54. The molecule has 1 N–H and O–H groups in total. The van der Waals surface area contributed by atoms with E-state index >= 15 is 0 Å². The first kappa shape index (κ1) is 20.4. The van der Waals surface area contributed by atoms with Gasteiger partial charge in [-0.1, -0.05) is 56.3 Å². The second-order valence-corrected chi connectivity index (χ2v) is 7.16. The maximum atomic E-state index is 12.3. The van der Waals surface area contributed by atoms with Gasteiger partial charge in [0.2, 0.25) is 11.8 Å². The topological polar surface area (TPSA) is 49.4 Å². The van der Waals surface area contributed by atoms with E-state index in [1.807, 2.05) is 44.2 Å². The summed E-state index contributed by atoms with van der Waals surface area (Å²) in [5.74, 6) is 0.0590. The van der Waals surface area contributed by atoms with Crippen molar-refractivity contribution in [3.05, 3.63) is 70.8 Å². The van der Waals surface area contributed by atoms with Gasteiger partial charge in [-0.15, -0.1) is 0 Å². The fraction of sp³-hybridized carbons (Fsp3) is 0.304. The third-order valence-corrected chi connectivity index (χ3v) is 4.52. The number of nitrogens with zero attached hydrogens (tertiary/aromatic N) is 1. The van der Waals surface area contributed by atoms with E-state index in [9.17, 15) is 9.59 Å². The number of aryl methyl sites for hydroxylation is 2. The van der Waals surface area contributed by atoms with E-state index in [-0.39, 0.29) is 18.4 Å². The zero-order chi connectivity index (χ0) is 20.0.